The van der Waals surface area contributed by atoms with Crippen LogP contribution in [-0.2, 0) is 24.8 Å². The van der Waals surface area contributed by atoms with Crippen LogP contribution in [0.25, 0.3) is 0 Å². The van der Waals surface area contributed by atoms with Crippen LogP contribution >= 0.6 is 15.9 Å². The number of aromatic nitrogens is 2. The molecule has 0 spiro atoms. The van der Waals surface area contributed by atoms with E-state index in [1.165, 1.54) is 7.11 Å². The molecule has 1 aromatic heterocycles. The number of amides is 1. The second-order valence-corrected chi connectivity index (χ2v) is 6.29. The minimum Gasteiger partial charge on any atom is -0.464 e. The minimum atomic E-state index is -0.436. The molecule has 3 rings (SSSR count). The van der Waals surface area contributed by atoms with Crippen molar-refractivity contribution in [1.82, 2.24) is 14.7 Å². The molecule has 7 heteroatoms. The summed E-state index contributed by atoms with van der Waals surface area (Å²) >= 11 is 3.38. The Balaban J connectivity index is 1.87. The van der Waals surface area contributed by atoms with Gasteiger partial charge in [0.1, 0.15) is 0 Å². The Morgan fingerprint density at radius 3 is 2.83 bits per heavy atom. The van der Waals surface area contributed by atoms with Gasteiger partial charge in [-0.2, -0.15) is 5.10 Å². The molecule has 0 saturated carbocycles. The molecule has 6 nitrogen and oxygen atoms in total. The first-order valence-electron chi connectivity index (χ1n) is 7.19. The topological polar surface area (TPSA) is 64.4 Å². The maximum atomic E-state index is 12.7. The third-order valence-electron chi connectivity index (χ3n) is 3.98. The zero-order valence-electron chi connectivity index (χ0n) is 12.9. The summed E-state index contributed by atoms with van der Waals surface area (Å²) in [5.74, 6) is -0.466. The Hall–Kier alpha value is -2.15. The van der Waals surface area contributed by atoms with E-state index in [2.05, 4.69) is 21.0 Å². The molecular formula is C16H16BrN3O3. The van der Waals surface area contributed by atoms with Crippen LogP contribution in [0.5, 0.6) is 0 Å². The number of aryl methyl sites for hydroxylation is 1. The van der Waals surface area contributed by atoms with Crippen LogP contribution in [0.4, 0.5) is 0 Å². The van der Waals surface area contributed by atoms with E-state index >= 15 is 0 Å². The second-order valence-electron chi connectivity index (χ2n) is 5.38. The van der Waals surface area contributed by atoms with Gasteiger partial charge in [-0.3, -0.25) is 9.48 Å². The highest BCUT2D eigenvalue weighted by Crippen LogP contribution is 2.24. The number of carbonyl (C=O) groups excluding carboxylic acids is 2. The fourth-order valence-electron chi connectivity index (χ4n) is 2.81. The molecule has 120 valence electrons. The number of halogens is 1. The molecule has 2 aromatic rings. The van der Waals surface area contributed by atoms with E-state index in [1.807, 2.05) is 12.1 Å². The predicted molar refractivity (Wildman–Crippen MR) is 87.1 cm³/mol. The van der Waals surface area contributed by atoms with Crippen molar-refractivity contribution >= 4 is 27.8 Å². The monoisotopic (exact) mass is 377 g/mol. The number of hydrogen-bond acceptors (Lipinski definition) is 4. The molecule has 0 N–H and O–H groups in total. The summed E-state index contributed by atoms with van der Waals surface area (Å²) in [6, 6.07) is 7.33. The van der Waals surface area contributed by atoms with Gasteiger partial charge >= 0.3 is 5.97 Å². The molecule has 0 unspecified atom stereocenters. The van der Waals surface area contributed by atoms with Crippen molar-refractivity contribution in [3.63, 3.8) is 0 Å². The molecule has 1 aliphatic heterocycles. The maximum absolute atomic E-state index is 12.7. The Bertz CT molecular complexity index is 785. The zero-order valence-corrected chi connectivity index (χ0v) is 14.5. The average molecular weight is 378 g/mol. The van der Waals surface area contributed by atoms with Gasteiger partial charge in [-0.25, -0.2) is 4.79 Å². The zero-order chi connectivity index (χ0) is 16.6. The number of benzene rings is 1. The Labute approximate surface area is 142 Å². The number of carbonyl (C=O) groups is 2. The first-order chi connectivity index (χ1) is 11.0. The number of hydrogen-bond donors (Lipinski definition) is 0. The van der Waals surface area contributed by atoms with Crippen LogP contribution in [0, 0.1) is 0 Å². The lowest BCUT2D eigenvalue weighted by Gasteiger charge is -2.27. The Morgan fingerprint density at radius 1 is 1.35 bits per heavy atom. The highest BCUT2D eigenvalue weighted by atomic mass is 79.9. The van der Waals surface area contributed by atoms with Crippen molar-refractivity contribution in [3.8, 4) is 0 Å². The molecule has 0 aliphatic carbocycles. The number of nitrogens with zero attached hydrogens (tertiary/aromatic N) is 3. The molecule has 0 saturated heterocycles. The van der Waals surface area contributed by atoms with E-state index in [0.29, 0.717) is 30.8 Å². The van der Waals surface area contributed by atoms with Crippen molar-refractivity contribution in [2.45, 2.75) is 13.0 Å². The molecule has 1 aromatic carbocycles. The third kappa shape index (κ3) is 2.88. The number of esters is 1. The van der Waals surface area contributed by atoms with Crippen molar-refractivity contribution in [3.05, 3.63) is 51.3 Å². The first-order valence-corrected chi connectivity index (χ1v) is 7.98. The van der Waals surface area contributed by atoms with Crippen LogP contribution in [0.1, 0.15) is 32.1 Å². The summed E-state index contributed by atoms with van der Waals surface area (Å²) in [5.41, 5.74) is 2.73. The predicted octanol–water partition coefficient (Wildman–Crippen LogP) is 2.17. The van der Waals surface area contributed by atoms with Gasteiger partial charge in [0.15, 0.2) is 5.69 Å². The lowest BCUT2D eigenvalue weighted by Crippen LogP contribution is -2.36. The quantitative estimate of drug-likeness (QED) is 0.752. The van der Waals surface area contributed by atoms with Crippen LogP contribution in [0.2, 0.25) is 0 Å². The molecule has 2 heterocycles. The van der Waals surface area contributed by atoms with E-state index in [4.69, 9.17) is 4.74 Å². The van der Waals surface area contributed by atoms with Gasteiger partial charge < -0.3 is 9.64 Å². The summed E-state index contributed by atoms with van der Waals surface area (Å²) in [5, 5.41) is 4.24. The molecular weight excluding hydrogens is 362 g/mol. The molecule has 1 amide bonds. The van der Waals surface area contributed by atoms with E-state index in [0.717, 1.165) is 15.7 Å². The number of methoxy groups -OCH3 is 1. The molecule has 1 aliphatic rings. The second kappa shape index (κ2) is 6.16. The fourth-order valence-corrected chi connectivity index (χ4v) is 3.21. The van der Waals surface area contributed by atoms with E-state index < -0.39 is 5.97 Å². The number of rotatable bonds is 2. The standard InChI is InChI=1S/C16H16BrN3O3/c1-19-13-9-20(15(21)10-4-3-5-11(17)8-10)7-6-12(13)14(18-19)16(22)23-2/h3-5,8H,6-7,9H2,1-2H3. The highest BCUT2D eigenvalue weighted by molar-refractivity contribution is 9.10. The van der Waals surface area contributed by atoms with Gasteiger partial charge in [0.05, 0.1) is 19.3 Å². The van der Waals surface area contributed by atoms with E-state index in [-0.39, 0.29) is 5.91 Å². The van der Waals surface area contributed by atoms with E-state index in [1.54, 1.807) is 28.8 Å². The van der Waals surface area contributed by atoms with Crippen molar-refractivity contribution < 1.29 is 14.3 Å². The number of ether oxygens (including phenoxy) is 1. The van der Waals surface area contributed by atoms with Crippen LogP contribution in [-0.4, -0.2) is 40.2 Å². The summed E-state index contributed by atoms with van der Waals surface area (Å²) in [6.07, 6.45) is 0.591. The smallest absolute Gasteiger partial charge is 0.358 e. The fraction of sp³-hybridized carbons (Fsp3) is 0.312. The van der Waals surface area contributed by atoms with Gasteiger partial charge in [-0.1, -0.05) is 22.0 Å². The van der Waals surface area contributed by atoms with Gasteiger partial charge in [-0.15, -0.1) is 0 Å². The van der Waals surface area contributed by atoms with Gasteiger partial charge in [-0.05, 0) is 24.6 Å². The number of fused-ring (bicyclic) bond motifs is 1. The third-order valence-corrected chi connectivity index (χ3v) is 4.48. The van der Waals surface area contributed by atoms with Crippen molar-refractivity contribution in [2.75, 3.05) is 13.7 Å². The summed E-state index contributed by atoms with van der Waals surface area (Å²) < 4.78 is 7.30. The Morgan fingerprint density at radius 2 is 2.13 bits per heavy atom. The molecule has 23 heavy (non-hydrogen) atoms. The summed E-state index contributed by atoms with van der Waals surface area (Å²) in [4.78, 5) is 26.2. The Kier molecular flexibility index (Phi) is 4.21. The highest BCUT2D eigenvalue weighted by Gasteiger charge is 2.29. The van der Waals surface area contributed by atoms with Crippen LogP contribution in [0.15, 0.2) is 28.7 Å². The molecule has 0 atom stereocenters. The van der Waals surface area contributed by atoms with Crippen molar-refractivity contribution in [1.29, 1.82) is 0 Å². The van der Waals surface area contributed by atoms with Crippen molar-refractivity contribution in [2.24, 2.45) is 7.05 Å². The molecule has 0 bridgehead atoms. The van der Waals surface area contributed by atoms with Crippen LogP contribution in [0.3, 0.4) is 0 Å². The minimum absolute atomic E-state index is 0.0298. The lowest BCUT2D eigenvalue weighted by molar-refractivity contribution is 0.0591. The van der Waals surface area contributed by atoms with Gasteiger partial charge in [0.2, 0.25) is 0 Å². The normalized spacial score (nSPS) is 13.6. The lowest BCUT2D eigenvalue weighted by atomic mass is 10.0. The molecule has 0 radical (unpaired) electrons. The summed E-state index contributed by atoms with van der Waals surface area (Å²) in [6.45, 7) is 0.981. The average Bonchev–Trinajstić information content (AvgIpc) is 2.90. The van der Waals surface area contributed by atoms with E-state index in [9.17, 15) is 9.59 Å². The summed E-state index contributed by atoms with van der Waals surface area (Å²) in [7, 11) is 3.12. The molecule has 0 fully saturated rings. The maximum Gasteiger partial charge on any atom is 0.358 e. The largest absolute Gasteiger partial charge is 0.464 e. The van der Waals surface area contributed by atoms with Gasteiger partial charge in [0.25, 0.3) is 5.91 Å². The van der Waals surface area contributed by atoms with Gasteiger partial charge in [0, 0.05) is 29.2 Å². The first kappa shape index (κ1) is 15.7. The van der Waals surface area contributed by atoms with Crippen LogP contribution < -0.4 is 0 Å². The SMILES string of the molecule is COC(=O)c1nn(C)c2c1CCN(C(=O)c1cccc(Br)c1)C2.